The first-order valence-corrected chi connectivity index (χ1v) is 7.31. The van der Waals surface area contributed by atoms with E-state index in [1.165, 1.54) is 16.4 Å². The summed E-state index contributed by atoms with van der Waals surface area (Å²) in [5.41, 5.74) is 5.56. The monoisotopic (exact) mass is 310 g/mol. The molecule has 2 rings (SSSR count). The van der Waals surface area contributed by atoms with Crippen molar-refractivity contribution in [3.8, 4) is 0 Å². The van der Waals surface area contributed by atoms with Crippen molar-refractivity contribution in [1.82, 2.24) is 4.31 Å². The molecule has 0 aliphatic carbocycles. The van der Waals surface area contributed by atoms with Gasteiger partial charge >= 0.3 is 0 Å². The molecule has 1 fully saturated rings. The van der Waals surface area contributed by atoms with Gasteiger partial charge in [0.2, 0.25) is 10.0 Å². The Morgan fingerprint density at radius 2 is 1.94 bits per heavy atom. The summed E-state index contributed by atoms with van der Waals surface area (Å²) in [7, 11) is -3.38. The van der Waals surface area contributed by atoms with Gasteiger partial charge in [0.25, 0.3) is 0 Å². The summed E-state index contributed by atoms with van der Waals surface area (Å²) in [5.74, 6) is 0.275. The average molecular weight is 311 g/mol. The third-order valence-electron chi connectivity index (χ3n) is 3.03. The molecule has 1 aliphatic rings. The highest BCUT2D eigenvalue weighted by atomic mass is 35.5. The Kier molecular flexibility index (Phi) is 5.43. The van der Waals surface area contributed by atoms with Crippen LogP contribution in [-0.2, 0) is 10.0 Å². The van der Waals surface area contributed by atoms with Crippen molar-refractivity contribution in [3.05, 3.63) is 29.3 Å². The van der Waals surface area contributed by atoms with Crippen molar-refractivity contribution < 1.29 is 8.42 Å². The van der Waals surface area contributed by atoms with Gasteiger partial charge in [0, 0.05) is 18.1 Å². The average Bonchev–Trinajstić information content (AvgIpc) is 2.78. The Balaban J connectivity index is 0.00000162. The minimum absolute atomic E-state index is 0. The van der Waals surface area contributed by atoms with Gasteiger partial charge in [-0.05, 0) is 43.1 Å². The van der Waals surface area contributed by atoms with Crippen LogP contribution in [0.25, 0.3) is 0 Å². The molecule has 0 amide bonds. The molecular weight excluding hydrogens is 295 g/mol. The third-order valence-corrected chi connectivity index (χ3v) is 5.16. The Morgan fingerprint density at radius 1 is 1.33 bits per heavy atom. The second kappa shape index (κ2) is 6.21. The number of hydrogen-bond acceptors (Lipinski definition) is 3. The molecule has 18 heavy (non-hydrogen) atoms. The maximum Gasteiger partial charge on any atom is 0.243 e. The lowest BCUT2D eigenvalue weighted by Gasteiger charge is -2.16. The molecule has 0 aromatic heterocycles. The van der Waals surface area contributed by atoms with Crippen LogP contribution < -0.4 is 5.73 Å². The summed E-state index contributed by atoms with van der Waals surface area (Å²) in [6, 6.07) is 6.25. The predicted molar refractivity (Wildman–Crippen MR) is 74.6 cm³/mol. The van der Waals surface area contributed by atoms with E-state index in [-0.39, 0.29) is 18.3 Å². The first kappa shape index (κ1) is 15.7. The molecule has 102 valence electrons. The Bertz CT molecular complexity index is 490. The van der Waals surface area contributed by atoms with Crippen molar-refractivity contribution >= 4 is 34.0 Å². The standard InChI is InChI=1S/C11H15ClN2O2S.ClH/c12-10-1-3-11(4-2-10)17(15,16)14-6-5-9(7-13)8-14;/h1-4,9H,5-8,13H2;1H. The minimum Gasteiger partial charge on any atom is -0.330 e. The van der Waals surface area contributed by atoms with E-state index >= 15 is 0 Å². The third kappa shape index (κ3) is 3.16. The van der Waals surface area contributed by atoms with Crippen LogP contribution in [0.5, 0.6) is 0 Å². The van der Waals surface area contributed by atoms with Crippen LogP contribution in [0.15, 0.2) is 29.2 Å². The summed E-state index contributed by atoms with van der Waals surface area (Å²) in [6.45, 7) is 1.60. The highest BCUT2D eigenvalue weighted by Crippen LogP contribution is 2.24. The van der Waals surface area contributed by atoms with E-state index in [0.717, 1.165) is 6.42 Å². The molecule has 1 heterocycles. The molecule has 0 saturated carbocycles. The SMILES string of the molecule is Cl.NCC1CCN(S(=O)(=O)c2ccc(Cl)cc2)C1. The molecule has 1 aromatic rings. The summed E-state index contributed by atoms with van der Waals surface area (Å²) < 4.78 is 26.0. The summed E-state index contributed by atoms with van der Waals surface area (Å²) >= 11 is 5.74. The van der Waals surface area contributed by atoms with Crippen LogP contribution in [0.1, 0.15) is 6.42 Å². The van der Waals surface area contributed by atoms with Crippen molar-refractivity contribution in [2.75, 3.05) is 19.6 Å². The van der Waals surface area contributed by atoms with Gasteiger partial charge in [-0.3, -0.25) is 0 Å². The van der Waals surface area contributed by atoms with E-state index in [4.69, 9.17) is 17.3 Å². The van der Waals surface area contributed by atoms with Crippen molar-refractivity contribution in [2.24, 2.45) is 11.7 Å². The van der Waals surface area contributed by atoms with Crippen LogP contribution in [0, 0.1) is 5.92 Å². The second-order valence-corrected chi connectivity index (χ2v) is 6.58. The highest BCUT2D eigenvalue weighted by Gasteiger charge is 2.31. The van der Waals surface area contributed by atoms with Crippen LogP contribution in [0.4, 0.5) is 0 Å². The van der Waals surface area contributed by atoms with Gasteiger partial charge < -0.3 is 5.73 Å². The maximum atomic E-state index is 12.2. The number of nitrogens with zero attached hydrogens (tertiary/aromatic N) is 1. The largest absolute Gasteiger partial charge is 0.330 e. The second-order valence-electron chi connectivity index (χ2n) is 4.21. The van der Waals surface area contributed by atoms with Crippen molar-refractivity contribution in [1.29, 1.82) is 0 Å². The molecule has 0 spiro atoms. The smallest absolute Gasteiger partial charge is 0.243 e. The van der Waals surface area contributed by atoms with Crippen LogP contribution in [-0.4, -0.2) is 32.4 Å². The topological polar surface area (TPSA) is 63.4 Å². The summed E-state index contributed by atoms with van der Waals surface area (Å²) in [6.07, 6.45) is 0.837. The zero-order valence-corrected chi connectivity index (χ0v) is 12.1. The van der Waals surface area contributed by atoms with Gasteiger partial charge in [-0.1, -0.05) is 11.6 Å². The molecule has 1 aliphatic heterocycles. The fraction of sp³-hybridized carbons (Fsp3) is 0.455. The predicted octanol–water partition coefficient (Wildman–Crippen LogP) is 1.73. The number of nitrogens with two attached hydrogens (primary N) is 1. The van der Waals surface area contributed by atoms with Crippen LogP contribution >= 0.6 is 24.0 Å². The summed E-state index contributed by atoms with van der Waals surface area (Å²) in [4.78, 5) is 0.291. The number of rotatable bonds is 3. The molecule has 4 nitrogen and oxygen atoms in total. The lowest BCUT2D eigenvalue weighted by Crippen LogP contribution is -2.29. The Labute approximate surface area is 119 Å². The van der Waals surface area contributed by atoms with Gasteiger partial charge in [0.1, 0.15) is 0 Å². The molecule has 0 bridgehead atoms. The van der Waals surface area contributed by atoms with Crippen molar-refractivity contribution in [2.45, 2.75) is 11.3 Å². The lowest BCUT2D eigenvalue weighted by atomic mass is 10.1. The van der Waals surface area contributed by atoms with Gasteiger partial charge in [0.05, 0.1) is 4.90 Å². The molecule has 1 saturated heterocycles. The van der Waals surface area contributed by atoms with Gasteiger partial charge in [-0.25, -0.2) is 8.42 Å². The van der Waals surface area contributed by atoms with Crippen LogP contribution in [0.3, 0.4) is 0 Å². The molecule has 7 heteroatoms. The normalized spacial score (nSPS) is 20.7. The summed E-state index contributed by atoms with van der Waals surface area (Å²) in [5, 5.41) is 0.533. The zero-order valence-electron chi connectivity index (χ0n) is 9.75. The van der Waals surface area contributed by atoms with E-state index in [1.807, 2.05) is 0 Å². The number of benzene rings is 1. The lowest BCUT2D eigenvalue weighted by molar-refractivity contribution is 0.459. The first-order valence-electron chi connectivity index (χ1n) is 5.50. The van der Waals surface area contributed by atoms with E-state index in [1.54, 1.807) is 12.1 Å². The zero-order chi connectivity index (χ0) is 12.5. The van der Waals surface area contributed by atoms with Crippen LogP contribution in [0.2, 0.25) is 5.02 Å². The fourth-order valence-electron chi connectivity index (χ4n) is 1.96. The molecular formula is C11H16Cl2N2O2S. The highest BCUT2D eigenvalue weighted by molar-refractivity contribution is 7.89. The Morgan fingerprint density at radius 3 is 2.44 bits per heavy atom. The van der Waals surface area contributed by atoms with Gasteiger partial charge in [-0.15, -0.1) is 12.4 Å². The molecule has 1 aromatic carbocycles. The maximum absolute atomic E-state index is 12.2. The number of halogens is 2. The quantitative estimate of drug-likeness (QED) is 0.924. The van der Waals surface area contributed by atoms with E-state index in [0.29, 0.717) is 29.6 Å². The van der Waals surface area contributed by atoms with Gasteiger partial charge in [-0.2, -0.15) is 4.31 Å². The number of sulfonamides is 1. The van der Waals surface area contributed by atoms with E-state index in [2.05, 4.69) is 0 Å². The molecule has 0 radical (unpaired) electrons. The fourth-order valence-corrected chi connectivity index (χ4v) is 3.62. The minimum atomic E-state index is -3.38. The number of hydrogen-bond donors (Lipinski definition) is 1. The first-order chi connectivity index (χ1) is 8.04. The van der Waals surface area contributed by atoms with Gasteiger partial charge in [0.15, 0.2) is 0 Å². The molecule has 1 atom stereocenters. The van der Waals surface area contributed by atoms with Crippen molar-refractivity contribution in [3.63, 3.8) is 0 Å². The molecule has 2 N–H and O–H groups in total. The van der Waals surface area contributed by atoms with E-state index in [9.17, 15) is 8.42 Å². The Hall–Kier alpha value is -0.330. The van der Waals surface area contributed by atoms with E-state index < -0.39 is 10.0 Å². The molecule has 1 unspecified atom stereocenters.